The zero-order valence-electron chi connectivity index (χ0n) is 11.9. The fourth-order valence-corrected chi connectivity index (χ4v) is 2.36. The second-order valence-corrected chi connectivity index (χ2v) is 4.93. The minimum atomic E-state index is -0.506. The largest absolute Gasteiger partial charge is 0.320 e. The average molecular weight is 295 g/mol. The van der Waals surface area contributed by atoms with Crippen LogP contribution in [0.1, 0.15) is 12.5 Å². The van der Waals surface area contributed by atoms with Gasteiger partial charge in [0.25, 0.3) is 5.91 Å². The Morgan fingerprint density at radius 2 is 2.05 bits per heavy atom. The highest BCUT2D eigenvalue weighted by Gasteiger charge is 2.30. The Morgan fingerprint density at radius 3 is 2.82 bits per heavy atom. The van der Waals surface area contributed by atoms with Gasteiger partial charge in [-0.2, -0.15) is 0 Å². The van der Waals surface area contributed by atoms with Crippen molar-refractivity contribution in [1.29, 1.82) is 0 Å². The summed E-state index contributed by atoms with van der Waals surface area (Å²) < 4.78 is 0. The molecule has 0 bridgehead atoms. The first-order chi connectivity index (χ1) is 10.6. The lowest BCUT2D eigenvalue weighted by molar-refractivity contribution is -0.147. The maximum absolute atomic E-state index is 12.3. The van der Waals surface area contributed by atoms with E-state index in [-0.39, 0.29) is 18.1 Å². The van der Waals surface area contributed by atoms with Crippen molar-refractivity contribution in [2.24, 2.45) is 0 Å². The maximum Gasteiger partial charge on any atom is 0.277 e. The first kappa shape index (κ1) is 13.9. The van der Waals surface area contributed by atoms with Crippen LogP contribution in [0, 0.1) is 0 Å². The minimum absolute atomic E-state index is 0.0859. The molecule has 6 heteroatoms. The van der Waals surface area contributed by atoms with E-state index in [0.717, 1.165) is 21.4 Å². The molecule has 1 saturated heterocycles. The van der Waals surface area contributed by atoms with Gasteiger partial charge < -0.3 is 5.32 Å². The van der Waals surface area contributed by atoms with E-state index in [2.05, 4.69) is 10.3 Å². The number of carbonyl (C=O) groups excluding carboxylic acids is 3. The number of nitrogens with one attached hydrogen (secondary N) is 1. The van der Waals surface area contributed by atoms with Gasteiger partial charge >= 0.3 is 0 Å². The molecule has 0 spiro atoms. The third-order valence-corrected chi connectivity index (χ3v) is 3.41. The molecular weight excluding hydrogens is 282 g/mol. The number of hydrogen-bond donors (Lipinski definition) is 1. The van der Waals surface area contributed by atoms with E-state index in [4.69, 9.17) is 0 Å². The average Bonchev–Trinajstić information content (AvgIpc) is 2.50. The van der Waals surface area contributed by atoms with Crippen LogP contribution in [-0.4, -0.2) is 34.2 Å². The number of hydrogen-bond acceptors (Lipinski definition) is 4. The van der Waals surface area contributed by atoms with Gasteiger partial charge in [0.1, 0.15) is 12.2 Å². The highest BCUT2D eigenvalue weighted by molar-refractivity contribution is 6.13. The summed E-state index contributed by atoms with van der Waals surface area (Å²) in [5, 5.41) is 3.38. The molecule has 0 atom stereocenters. The van der Waals surface area contributed by atoms with Gasteiger partial charge in [-0.3, -0.25) is 24.3 Å². The molecule has 3 rings (SSSR count). The minimum Gasteiger partial charge on any atom is -0.320 e. The van der Waals surface area contributed by atoms with E-state index >= 15 is 0 Å². The zero-order valence-corrected chi connectivity index (χ0v) is 11.9. The number of rotatable bonds is 1. The molecule has 22 heavy (non-hydrogen) atoms. The molecule has 6 nitrogen and oxygen atoms in total. The standard InChI is InChI=1S/C16H13N3O3/c1-10(20)19-9-15(21)18-14(16(19)22)8-11-6-7-17-13-5-3-2-4-12(11)13/h2-8H,9H2,1H3,(H,18,21). The van der Waals surface area contributed by atoms with Gasteiger partial charge in [-0.25, -0.2) is 0 Å². The van der Waals surface area contributed by atoms with Crippen molar-refractivity contribution >= 4 is 34.7 Å². The van der Waals surface area contributed by atoms with Gasteiger partial charge in [-0.05, 0) is 23.8 Å². The van der Waals surface area contributed by atoms with Gasteiger partial charge in [-0.1, -0.05) is 18.2 Å². The van der Waals surface area contributed by atoms with Crippen molar-refractivity contribution in [3.05, 3.63) is 47.8 Å². The maximum atomic E-state index is 12.3. The molecule has 0 unspecified atom stereocenters. The molecule has 2 heterocycles. The topological polar surface area (TPSA) is 79.4 Å². The van der Waals surface area contributed by atoms with E-state index in [1.165, 1.54) is 6.92 Å². The van der Waals surface area contributed by atoms with Crippen molar-refractivity contribution in [2.45, 2.75) is 6.92 Å². The Hall–Kier alpha value is -3.02. The number of pyridine rings is 1. The van der Waals surface area contributed by atoms with E-state index < -0.39 is 11.8 Å². The van der Waals surface area contributed by atoms with Gasteiger partial charge in [-0.15, -0.1) is 0 Å². The van der Waals surface area contributed by atoms with Crippen LogP contribution in [-0.2, 0) is 14.4 Å². The number of benzene rings is 1. The number of para-hydroxylation sites is 1. The third kappa shape index (κ3) is 2.46. The van der Waals surface area contributed by atoms with Crippen molar-refractivity contribution < 1.29 is 14.4 Å². The molecule has 3 amide bonds. The molecule has 1 fully saturated rings. The quantitative estimate of drug-likeness (QED) is 0.798. The normalized spacial score (nSPS) is 17.0. The zero-order chi connectivity index (χ0) is 15.7. The summed E-state index contributed by atoms with van der Waals surface area (Å²) in [5.74, 6) is -1.35. The highest BCUT2D eigenvalue weighted by atomic mass is 16.2. The first-order valence-electron chi connectivity index (χ1n) is 6.74. The number of carbonyl (C=O) groups is 3. The molecular formula is C16H13N3O3. The SMILES string of the molecule is CC(=O)N1CC(=O)NC(=Cc2ccnc3ccccc23)C1=O. The first-order valence-corrected chi connectivity index (χ1v) is 6.74. The molecule has 1 aromatic carbocycles. The predicted octanol–water partition coefficient (Wildman–Crippen LogP) is 1.08. The molecule has 1 aliphatic heterocycles. The van der Waals surface area contributed by atoms with Crippen molar-refractivity contribution in [3.8, 4) is 0 Å². The van der Waals surface area contributed by atoms with Crippen molar-refractivity contribution in [2.75, 3.05) is 6.54 Å². The van der Waals surface area contributed by atoms with Gasteiger partial charge in [0.15, 0.2) is 0 Å². The summed E-state index contributed by atoms with van der Waals surface area (Å²) in [6, 6.07) is 9.24. The van der Waals surface area contributed by atoms with E-state index in [1.54, 1.807) is 18.3 Å². The number of piperazine rings is 1. The summed E-state index contributed by atoms with van der Waals surface area (Å²) in [4.78, 5) is 40.6. The molecule has 1 aliphatic rings. The molecule has 0 aliphatic carbocycles. The van der Waals surface area contributed by atoms with Gasteiger partial charge in [0.05, 0.1) is 5.52 Å². The lowest BCUT2D eigenvalue weighted by atomic mass is 10.1. The second kappa shape index (κ2) is 5.40. The highest BCUT2D eigenvalue weighted by Crippen LogP contribution is 2.19. The number of aromatic nitrogens is 1. The Morgan fingerprint density at radius 1 is 1.27 bits per heavy atom. The van der Waals surface area contributed by atoms with Crippen LogP contribution in [0.25, 0.3) is 17.0 Å². The predicted molar refractivity (Wildman–Crippen MR) is 80.3 cm³/mol. The monoisotopic (exact) mass is 295 g/mol. The summed E-state index contributed by atoms with van der Waals surface area (Å²) >= 11 is 0. The molecule has 0 radical (unpaired) electrons. The molecule has 110 valence electrons. The van der Waals surface area contributed by atoms with Crippen LogP contribution >= 0.6 is 0 Å². The van der Waals surface area contributed by atoms with Crippen LogP contribution < -0.4 is 5.32 Å². The fourth-order valence-electron chi connectivity index (χ4n) is 2.36. The Balaban J connectivity index is 2.08. The Kier molecular flexibility index (Phi) is 3.42. The van der Waals surface area contributed by atoms with Crippen LogP contribution in [0.4, 0.5) is 0 Å². The van der Waals surface area contributed by atoms with Crippen molar-refractivity contribution in [1.82, 2.24) is 15.2 Å². The van der Waals surface area contributed by atoms with E-state index in [9.17, 15) is 14.4 Å². The van der Waals surface area contributed by atoms with E-state index in [0.29, 0.717) is 0 Å². The summed E-state index contributed by atoms with van der Waals surface area (Å²) in [6.07, 6.45) is 3.20. The van der Waals surface area contributed by atoms with Crippen molar-refractivity contribution in [3.63, 3.8) is 0 Å². The number of nitrogens with zero attached hydrogens (tertiary/aromatic N) is 2. The van der Waals surface area contributed by atoms with Gasteiger partial charge in [0, 0.05) is 18.5 Å². The smallest absolute Gasteiger partial charge is 0.277 e. The second-order valence-electron chi connectivity index (χ2n) is 4.93. The van der Waals surface area contributed by atoms with Crippen LogP contribution in [0.2, 0.25) is 0 Å². The number of fused-ring (bicyclic) bond motifs is 1. The lowest BCUT2D eigenvalue weighted by Gasteiger charge is -2.25. The number of imide groups is 1. The molecule has 1 aromatic heterocycles. The van der Waals surface area contributed by atoms with Crippen LogP contribution in [0.3, 0.4) is 0 Å². The lowest BCUT2D eigenvalue weighted by Crippen LogP contribution is -2.51. The summed E-state index contributed by atoms with van der Waals surface area (Å²) in [6.45, 7) is 1.01. The molecule has 0 saturated carbocycles. The summed E-state index contributed by atoms with van der Waals surface area (Å²) in [5.41, 5.74) is 1.62. The van der Waals surface area contributed by atoms with Crippen LogP contribution in [0.5, 0.6) is 0 Å². The molecule has 2 aromatic rings. The Bertz CT molecular complexity index is 821. The Labute approximate surface area is 126 Å². The van der Waals surface area contributed by atoms with Gasteiger partial charge in [0.2, 0.25) is 11.8 Å². The third-order valence-electron chi connectivity index (χ3n) is 3.41. The number of amides is 3. The summed E-state index contributed by atoms with van der Waals surface area (Å²) in [7, 11) is 0. The van der Waals surface area contributed by atoms with E-state index in [1.807, 2.05) is 24.3 Å². The fraction of sp³-hybridized carbons (Fsp3) is 0.125. The van der Waals surface area contributed by atoms with Crippen LogP contribution in [0.15, 0.2) is 42.2 Å². The molecule has 1 N–H and O–H groups in total.